The number of hydrogen-bond donors (Lipinski definition) is 2. The summed E-state index contributed by atoms with van der Waals surface area (Å²) >= 11 is 0. The fraction of sp³-hybridized carbons (Fsp3) is 0.731. The molecule has 0 unspecified atom stereocenters. The summed E-state index contributed by atoms with van der Waals surface area (Å²) in [7, 11) is 0. The van der Waals surface area contributed by atoms with Gasteiger partial charge in [-0.15, -0.1) is 0 Å². The summed E-state index contributed by atoms with van der Waals surface area (Å²) in [5, 5.41) is 13.9. The molecule has 0 aromatic heterocycles. The summed E-state index contributed by atoms with van der Waals surface area (Å²) in [5.41, 5.74) is 2.46. The molecule has 2 heterocycles. The van der Waals surface area contributed by atoms with Crippen molar-refractivity contribution in [1.29, 1.82) is 0 Å². The first-order chi connectivity index (χ1) is 14.8. The largest absolute Gasteiger partial charge is 0.508 e. The number of aromatic hydroxyl groups is 1. The Morgan fingerprint density at radius 3 is 2.77 bits per heavy atom. The molecule has 0 radical (unpaired) electrons. The lowest BCUT2D eigenvalue weighted by atomic mass is 9.59. The molecule has 1 aromatic rings. The molecule has 5 heteroatoms. The minimum atomic E-state index is 0.0480. The number of fused-ring (bicyclic) bond motifs is 1. The van der Waals surface area contributed by atoms with Crippen LogP contribution in [0.25, 0.3) is 0 Å². The van der Waals surface area contributed by atoms with Crippen LogP contribution >= 0.6 is 0 Å². The molecular formula is C26H38N2O3. The van der Waals surface area contributed by atoms with Crippen molar-refractivity contribution in [2.75, 3.05) is 19.7 Å². The number of amides is 1. The van der Waals surface area contributed by atoms with Crippen LogP contribution in [0.5, 0.6) is 5.75 Å². The molecule has 1 amide bonds. The van der Waals surface area contributed by atoms with Gasteiger partial charge >= 0.3 is 0 Å². The van der Waals surface area contributed by atoms with E-state index < -0.39 is 0 Å². The number of hydrogen-bond acceptors (Lipinski definition) is 4. The Kier molecular flexibility index (Phi) is 5.33. The van der Waals surface area contributed by atoms with E-state index in [1.807, 2.05) is 6.07 Å². The Labute approximate surface area is 186 Å². The molecule has 5 atom stereocenters. The average molecular weight is 427 g/mol. The highest BCUT2D eigenvalue weighted by Gasteiger charge is 2.68. The van der Waals surface area contributed by atoms with Gasteiger partial charge in [-0.25, -0.2) is 0 Å². The Balaban J connectivity index is 1.43. The maximum atomic E-state index is 12.1. The van der Waals surface area contributed by atoms with Crippen LogP contribution in [0.3, 0.4) is 0 Å². The molecule has 2 N–H and O–H groups in total. The lowest BCUT2D eigenvalue weighted by molar-refractivity contribution is -0.136. The number of carbonyl (C=O) groups is 1. The molecule has 31 heavy (non-hydrogen) atoms. The second-order valence-corrected chi connectivity index (χ2v) is 11.2. The number of nitrogens with one attached hydrogen (secondary N) is 1. The Morgan fingerprint density at radius 2 is 2.03 bits per heavy atom. The highest BCUT2D eigenvalue weighted by Crippen LogP contribution is 2.70. The second-order valence-electron chi connectivity index (χ2n) is 11.2. The number of benzene rings is 1. The predicted molar refractivity (Wildman–Crippen MR) is 121 cm³/mol. The normalized spacial score (nSPS) is 36.9. The van der Waals surface area contributed by atoms with E-state index in [4.69, 9.17) is 4.74 Å². The number of nitrogens with zero attached hydrogens (tertiary/aromatic N) is 1. The van der Waals surface area contributed by atoms with Crippen LogP contribution < -0.4 is 5.32 Å². The fourth-order valence-corrected chi connectivity index (χ4v) is 7.59. The number of phenols is 1. The first kappa shape index (κ1) is 21.3. The lowest BCUT2D eigenvalue weighted by Crippen LogP contribution is -2.58. The van der Waals surface area contributed by atoms with E-state index in [2.05, 4.69) is 36.2 Å². The number of ether oxygens (including phenoxy) is 1. The number of rotatable bonds is 4. The molecule has 5 nitrogen and oxygen atoms in total. The third kappa shape index (κ3) is 3.48. The summed E-state index contributed by atoms with van der Waals surface area (Å²) in [5.74, 6) is 1.51. The highest BCUT2D eigenvalue weighted by molar-refractivity contribution is 5.73. The third-order valence-electron chi connectivity index (χ3n) is 9.13. The van der Waals surface area contributed by atoms with Crippen LogP contribution in [-0.2, 0) is 16.1 Å². The van der Waals surface area contributed by atoms with Gasteiger partial charge in [0.05, 0.1) is 6.10 Å². The monoisotopic (exact) mass is 426 g/mol. The van der Waals surface area contributed by atoms with Crippen molar-refractivity contribution >= 4 is 5.91 Å². The number of phenolic OH excluding ortho intramolecular Hbond substituents is 1. The third-order valence-corrected chi connectivity index (χ3v) is 9.13. The van der Waals surface area contributed by atoms with Crippen molar-refractivity contribution in [3.05, 3.63) is 29.3 Å². The maximum absolute atomic E-state index is 12.1. The molecule has 1 spiro atoms. The van der Waals surface area contributed by atoms with E-state index in [-0.39, 0.29) is 28.9 Å². The molecule has 5 rings (SSSR count). The van der Waals surface area contributed by atoms with E-state index in [0.29, 0.717) is 17.6 Å². The van der Waals surface area contributed by atoms with Gasteiger partial charge in [-0.1, -0.05) is 26.3 Å². The van der Waals surface area contributed by atoms with Gasteiger partial charge in [0.15, 0.2) is 0 Å². The molecule has 4 aliphatic rings. The van der Waals surface area contributed by atoms with Gasteiger partial charge in [0, 0.05) is 31.7 Å². The van der Waals surface area contributed by atoms with Crippen molar-refractivity contribution in [2.24, 2.45) is 22.7 Å². The van der Waals surface area contributed by atoms with Gasteiger partial charge in [0.25, 0.3) is 0 Å². The number of piperidine rings is 1. The van der Waals surface area contributed by atoms with Gasteiger partial charge in [-0.05, 0) is 85.6 Å². The van der Waals surface area contributed by atoms with Crippen molar-refractivity contribution in [3.63, 3.8) is 0 Å². The van der Waals surface area contributed by atoms with Crippen LogP contribution in [0.1, 0.15) is 76.5 Å². The summed E-state index contributed by atoms with van der Waals surface area (Å²) in [6.45, 7) is 10.1. The molecule has 2 aliphatic carbocycles. The van der Waals surface area contributed by atoms with E-state index in [9.17, 15) is 9.90 Å². The molecular weight excluding hydrogens is 388 g/mol. The average Bonchev–Trinajstić information content (AvgIpc) is 3.23. The second kappa shape index (κ2) is 7.77. The lowest BCUT2D eigenvalue weighted by Gasteiger charge is -2.53. The van der Waals surface area contributed by atoms with Gasteiger partial charge in [0.2, 0.25) is 5.91 Å². The van der Waals surface area contributed by atoms with Crippen LogP contribution in [0.4, 0.5) is 0 Å². The molecule has 2 aliphatic heterocycles. The SMILES string of the molecule is CC(=O)N[C@@H]1C(C)(C)[C@@H]2C[C@@H]3[C@@H](c4ccc(O)c(CN5CCCCC5)c4)OCC[C@@]31C2. The van der Waals surface area contributed by atoms with Crippen molar-refractivity contribution in [1.82, 2.24) is 10.2 Å². The van der Waals surface area contributed by atoms with Gasteiger partial charge in [0.1, 0.15) is 5.75 Å². The van der Waals surface area contributed by atoms with Crippen LogP contribution in [0.15, 0.2) is 18.2 Å². The van der Waals surface area contributed by atoms with Crippen molar-refractivity contribution in [2.45, 2.75) is 78.0 Å². The standard InChI is InChI=1S/C26H38N2O3/c1-17(29)27-24-25(2,3)20-14-21-23(31-12-9-26(21,24)15-20)18-7-8-22(30)19(13-18)16-28-10-5-4-6-11-28/h7-8,13,20-21,23-24,30H,4-6,9-12,14-16H2,1-3H3,(H,27,29)/t20-,21-,23-,24-,26-/m1/s1. The van der Waals surface area contributed by atoms with Crippen molar-refractivity contribution in [3.8, 4) is 5.75 Å². The molecule has 2 saturated heterocycles. The fourth-order valence-electron chi connectivity index (χ4n) is 7.59. The zero-order chi connectivity index (χ0) is 21.8. The quantitative estimate of drug-likeness (QED) is 0.749. The molecule has 1 aromatic carbocycles. The highest BCUT2D eigenvalue weighted by atomic mass is 16.5. The van der Waals surface area contributed by atoms with Gasteiger partial charge in [-0.2, -0.15) is 0 Å². The summed E-state index contributed by atoms with van der Waals surface area (Å²) in [6, 6.07) is 6.32. The van der Waals surface area contributed by atoms with Crippen LogP contribution in [-0.4, -0.2) is 41.7 Å². The zero-order valence-electron chi connectivity index (χ0n) is 19.3. The summed E-state index contributed by atoms with van der Waals surface area (Å²) < 4.78 is 6.42. The number of likely N-dealkylation sites (tertiary alicyclic amines) is 1. The molecule has 2 bridgehead atoms. The Morgan fingerprint density at radius 1 is 1.26 bits per heavy atom. The smallest absolute Gasteiger partial charge is 0.217 e. The van der Waals surface area contributed by atoms with E-state index in [0.717, 1.165) is 44.6 Å². The maximum Gasteiger partial charge on any atom is 0.217 e. The molecule has 2 saturated carbocycles. The minimum absolute atomic E-state index is 0.0480. The summed E-state index contributed by atoms with van der Waals surface area (Å²) in [4.78, 5) is 14.5. The first-order valence-corrected chi connectivity index (χ1v) is 12.2. The number of carbonyl (C=O) groups excluding carboxylic acids is 1. The minimum Gasteiger partial charge on any atom is -0.508 e. The predicted octanol–water partition coefficient (Wildman–Crippen LogP) is 4.40. The van der Waals surface area contributed by atoms with E-state index in [1.54, 1.807) is 6.92 Å². The molecule has 4 fully saturated rings. The van der Waals surface area contributed by atoms with Gasteiger partial charge in [-0.3, -0.25) is 9.69 Å². The Bertz CT molecular complexity index is 847. The van der Waals surface area contributed by atoms with Crippen LogP contribution in [0, 0.1) is 22.7 Å². The van der Waals surface area contributed by atoms with Crippen LogP contribution in [0.2, 0.25) is 0 Å². The molecule has 170 valence electrons. The first-order valence-electron chi connectivity index (χ1n) is 12.2. The zero-order valence-corrected chi connectivity index (χ0v) is 19.3. The topological polar surface area (TPSA) is 61.8 Å². The van der Waals surface area contributed by atoms with Crippen molar-refractivity contribution < 1.29 is 14.6 Å². The Hall–Kier alpha value is -1.59. The summed E-state index contributed by atoms with van der Waals surface area (Å²) in [6.07, 6.45) is 7.24. The van der Waals surface area contributed by atoms with E-state index in [1.165, 1.54) is 31.2 Å². The van der Waals surface area contributed by atoms with E-state index >= 15 is 0 Å². The van der Waals surface area contributed by atoms with Gasteiger partial charge < -0.3 is 15.2 Å².